The molecule has 0 saturated heterocycles. The van der Waals surface area contributed by atoms with E-state index in [1.54, 1.807) is 6.92 Å². The molecular weight excluding hydrogens is 358 g/mol. The van der Waals surface area contributed by atoms with Crippen molar-refractivity contribution in [3.8, 4) is 0 Å². The van der Waals surface area contributed by atoms with Gasteiger partial charge in [-0.1, -0.05) is 39.5 Å². The van der Waals surface area contributed by atoms with Gasteiger partial charge in [0.1, 0.15) is 5.78 Å². The van der Waals surface area contributed by atoms with Crippen LogP contribution in [0.4, 0.5) is 8.78 Å². The number of aliphatic hydroxyl groups is 2. The normalized spacial score (nSPS) is 17.6. The fraction of sp³-hybridized carbons (Fsp3) is 0.900. The van der Waals surface area contributed by atoms with Crippen molar-refractivity contribution in [2.75, 3.05) is 0 Å². The highest BCUT2D eigenvalue weighted by Gasteiger charge is 2.50. The summed E-state index contributed by atoms with van der Waals surface area (Å²) >= 11 is 0. The molecule has 0 radical (unpaired) electrons. The van der Waals surface area contributed by atoms with Crippen molar-refractivity contribution >= 4 is 11.8 Å². The minimum absolute atomic E-state index is 0.0261. The molecule has 0 aromatic carbocycles. The van der Waals surface area contributed by atoms with E-state index in [1.165, 1.54) is 6.42 Å². The molecule has 1 atom stereocenters. The molecular formula is C20H36F2O5. The van der Waals surface area contributed by atoms with Crippen molar-refractivity contribution < 1.29 is 33.7 Å². The lowest BCUT2D eigenvalue weighted by molar-refractivity contribution is -0.301. The third-order valence-electron chi connectivity index (χ3n) is 4.92. The molecule has 0 heterocycles. The van der Waals surface area contributed by atoms with Crippen LogP contribution in [-0.4, -0.2) is 38.8 Å². The number of rotatable bonds is 12. The summed E-state index contributed by atoms with van der Waals surface area (Å²) in [5.74, 6) is -6.94. The number of halogens is 2. The lowest BCUT2D eigenvalue weighted by Crippen LogP contribution is -2.48. The largest absolute Gasteiger partial charge is 0.481 e. The predicted octanol–water partition coefficient (Wildman–Crippen LogP) is 4.68. The van der Waals surface area contributed by atoms with Crippen molar-refractivity contribution in [1.82, 2.24) is 0 Å². The van der Waals surface area contributed by atoms with Gasteiger partial charge in [0.15, 0.2) is 0 Å². The van der Waals surface area contributed by atoms with Crippen molar-refractivity contribution in [2.24, 2.45) is 5.92 Å². The zero-order valence-corrected chi connectivity index (χ0v) is 16.7. The fourth-order valence-electron chi connectivity index (χ4n) is 3.03. The Morgan fingerprint density at radius 3 is 2.19 bits per heavy atom. The summed E-state index contributed by atoms with van der Waals surface area (Å²) < 4.78 is 27.1. The van der Waals surface area contributed by atoms with E-state index in [-0.39, 0.29) is 31.0 Å². The molecule has 0 amide bonds. The third kappa shape index (κ3) is 11.4. The summed E-state index contributed by atoms with van der Waals surface area (Å²) in [5.41, 5.74) is 0. The molecule has 0 aliphatic heterocycles. The number of carboxylic acid groups (broad SMARTS) is 1. The minimum atomic E-state index is -3.48. The van der Waals surface area contributed by atoms with Crippen LogP contribution in [0.15, 0.2) is 0 Å². The van der Waals surface area contributed by atoms with Gasteiger partial charge in [0.05, 0.1) is 0 Å². The smallest absolute Gasteiger partial charge is 0.303 e. The molecule has 1 rings (SSSR count). The highest BCUT2D eigenvalue weighted by Crippen LogP contribution is 2.37. The van der Waals surface area contributed by atoms with E-state index < -0.39 is 24.1 Å². The molecule has 27 heavy (non-hydrogen) atoms. The number of unbranched alkanes of at least 4 members (excludes halogenated alkanes) is 4. The van der Waals surface area contributed by atoms with Crippen LogP contribution in [0.3, 0.4) is 0 Å². The molecule has 1 aliphatic rings. The zero-order chi connectivity index (χ0) is 20.9. The molecule has 160 valence electrons. The molecule has 1 saturated carbocycles. The Morgan fingerprint density at radius 2 is 1.70 bits per heavy atom. The summed E-state index contributed by atoms with van der Waals surface area (Å²) in [4.78, 5) is 21.0. The Kier molecular flexibility index (Phi) is 12.6. The van der Waals surface area contributed by atoms with Crippen molar-refractivity contribution in [2.45, 2.75) is 109 Å². The van der Waals surface area contributed by atoms with E-state index in [0.717, 1.165) is 19.3 Å². The summed E-state index contributed by atoms with van der Waals surface area (Å²) in [7, 11) is 0. The molecule has 7 heteroatoms. The van der Waals surface area contributed by atoms with Gasteiger partial charge in [-0.05, 0) is 31.6 Å². The Labute approximate surface area is 161 Å². The molecule has 0 unspecified atom stereocenters. The van der Waals surface area contributed by atoms with Gasteiger partial charge in [-0.3, -0.25) is 9.59 Å². The molecule has 3 N–H and O–H groups in total. The molecule has 0 bridgehead atoms. The number of ketones is 1. The summed E-state index contributed by atoms with van der Waals surface area (Å²) in [5, 5.41) is 27.2. The summed E-state index contributed by atoms with van der Waals surface area (Å²) in [6.45, 7) is 3.89. The first-order chi connectivity index (χ1) is 12.6. The Hall–Kier alpha value is -1.08. The van der Waals surface area contributed by atoms with Gasteiger partial charge in [0.25, 0.3) is 5.92 Å². The number of carboxylic acids is 1. The molecule has 0 aromatic heterocycles. The van der Waals surface area contributed by atoms with Crippen LogP contribution in [0.5, 0.6) is 0 Å². The van der Waals surface area contributed by atoms with E-state index in [1.807, 2.05) is 0 Å². The molecule has 0 aromatic rings. The quantitative estimate of drug-likeness (QED) is 0.330. The maximum atomic E-state index is 13.6. The third-order valence-corrected chi connectivity index (χ3v) is 4.92. The Bertz CT molecular complexity index is 438. The van der Waals surface area contributed by atoms with Crippen molar-refractivity contribution in [1.29, 1.82) is 0 Å². The monoisotopic (exact) mass is 394 g/mol. The van der Waals surface area contributed by atoms with Crippen LogP contribution in [0.25, 0.3) is 0 Å². The first-order valence-electron chi connectivity index (χ1n) is 10.1. The number of carbonyl (C=O) groups is 2. The number of hydrogen-bond donors (Lipinski definition) is 3. The Balaban J connectivity index is 0.000000636. The maximum Gasteiger partial charge on any atom is 0.303 e. The van der Waals surface area contributed by atoms with E-state index in [4.69, 9.17) is 5.11 Å². The van der Waals surface area contributed by atoms with Crippen molar-refractivity contribution in [3.05, 3.63) is 0 Å². The minimum Gasteiger partial charge on any atom is -0.481 e. The summed E-state index contributed by atoms with van der Waals surface area (Å²) in [6.07, 6.45) is 6.33. The van der Waals surface area contributed by atoms with Crippen LogP contribution in [0.2, 0.25) is 0 Å². The molecule has 5 nitrogen and oxygen atoms in total. The lowest BCUT2D eigenvalue weighted by atomic mass is 9.92. The predicted molar refractivity (Wildman–Crippen MR) is 99.6 cm³/mol. The maximum absolute atomic E-state index is 13.6. The van der Waals surface area contributed by atoms with Gasteiger partial charge in [0, 0.05) is 32.1 Å². The van der Waals surface area contributed by atoms with E-state index in [0.29, 0.717) is 32.1 Å². The second-order valence-corrected chi connectivity index (χ2v) is 7.52. The zero-order valence-electron chi connectivity index (χ0n) is 16.7. The van der Waals surface area contributed by atoms with E-state index in [2.05, 4.69) is 6.92 Å². The van der Waals surface area contributed by atoms with Gasteiger partial charge in [0.2, 0.25) is 5.79 Å². The van der Waals surface area contributed by atoms with Crippen molar-refractivity contribution in [3.63, 3.8) is 0 Å². The van der Waals surface area contributed by atoms with Crippen LogP contribution >= 0.6 is 0 Å². The summed E-state index contributed by atoms with van der Waals surface area (Å²) in [6, 6.07) is 0. The first kappa shape index (κ1) is 25.9. The van der Waals surface area contributed by atoms with Crippen LogP contribution in [0, 0.1) is 5.92 Å². The SMILES string of the molecule is CCCCC(F)(F)C(O)(O)CC[C@H]1CCC(=O)C1.CCCCCCC(=O)O. The average Bonchev–Trinajstić information content (AvgIpc) is 3.01. The second-order valence-electron chi connectivity index (χ2n) is 7.52. The molecule has 0 spiro atoms. The van der Waals surface area contributed by atoms with E-state index in [9.17, 15) is 28.6 Å². The highest BCUT2D eigenvalue weighted by molar-refractivity contribution is 5.80. The van der Waals surface area contributed by atoms with Crippen LogP contribution in [0.1, 0.15) is 97.3 Å². The molecule has 1 aliphatic carbocycles. The number of alkyl halides is 2. The first-order valence-corrected chi connectivity index (χ1v) is 10.1. The van der Waals surface area contributed by atoms with Crippen LogP contribution in [-0.2, 0) is 9.59 Å². The average molecular weight is 394 g/mol. The van der Waals surface area contributed by atoms with Gasteiger partial charge in [-0.25, -0.2) is 8.78 Å². The second kappa shape index (κ2) is 13.2. The van der Waals surface area contributed by atoms with Gasteiger partial charge >= 0.3 is 5.97 Å². The number of hydrogen-bond acceptors (Lipinski definition) is 4. The Morgan fingerprint density at radius 1 is 1.07 bits per heavy atom. The number of carbonyl (C=O) groups excluding carboxylic acids is 1. The van der Waals surface area contributed by atoms with Gasteiger partial charge in [-0.15, -0.1) is 0 Å². The number of aliphatic carboxylic acids is 1. The highest BCUT2D eigenvalue weighted by atomic mass is 19.3. The fourth-order valence-corrected chi connectivity index (χ4v) is 3.03. The topological polar surface area (TPSA) is 94.8 Å². The number of Topliss-reactive ketones (excluding diaryl/α,β-unsaturated/α-hetero) is 1. The van der Waals surface area contributed by atoms with E-state index >= 15 is 0 Å². The van der Waals surface area contributed by atoms with Gasteiger partial charge < -0.3 is 15.3 Å². The standard InChI is InChI=1S/C13H22F2O3.C7H14O2/c1-2-3-7-12(14,15)13(17,18)8-6-10-4-5-11(16)9-10;1-2-3-4-5-6-7(8)9/h10,17-18H,2-9H2,1H3;2-6H2,1H3,(H,8,9)/t10-;/m1./s1. The van der Waals surface area contributed by atoms with Crippen LogP contribution < -0.4 is 0 Å². The molecule has 1 fully saturated rings. The van der Waals surface area contributed by atoms with Gasteiger partial charge in [-0.2, -0.15) is 0 Å². The lowest BCUT2D eigenvalue weighted by Gasteiger charge is -2.31.